The van der Waals surface area contributed by atoms with Gasteiger partial charge in [0.15, 0.2) is 6.29 Å². The van der Waals surface area contributed by atoms with Crippen LogP contribution in [0.5, 0.6) is 0 Å². The van der Waals surface area contributed by atoms with Crippen LogP contribution < -0.4 is 0 Å². The topological polar surface area (TPSA) is 40.5 Å². The van der Waals surface area contributed by atoms with E-state index in [2.05, 4.69) is 20.8 Å². The summed E-state index contributed by atoms with van der Waals surface area (Å²) in [5.74, 6) is 0. The van der Waals surface area contributed by atoms with Crippen molar-refractivity contribution in [1.82, 2.24) is 0 Å². The van der Waals surface area contributed by atoms with Crippen molar-refractivity contribution in [3.8, 4) is 0 Å². The zero-order chi connectivity index (χ0) is 9.99. The van der Waals surface area contributed by atoms with E-state index in [9.17, 15) is 0 Å². The molecule has 0 aromatic carbocycles. The van der Waals surface area contributed by atoms with E-state index in [1.54, 1.807) is 10.8 Å². The van der Waals surface area contributed by atoms with E-state index in [-0.39, 0.29) is 4.75 Å². The molecular weight excluding hydrogens is 192 g/mol. The summed E-state index contributed by atoms with van der Waals surface area (Å²) in [6.45, 7) is 9.95. The Morgan fingerprint density at radius 3 is 1.58 bits per heavy atom. The standard InChI is InChI=1S/C8H18O2S2/c1-7(2,3)11-12-8(4,5)6(9)10/h6,9-10H,1-5H3. The van der Waals surface area contributed by atoms with Crippen LogP contribution in [0.15, 0.2) is 0 Å². The minimum absolute atomic E-state index is 0.150. The van der Waals surface area contributed by atoms with Gasteiger partial charge in [-0.25, -0.2) is 0 Å². The largest absolute Gasteiger partial charge is 0.367 e. The summed E-state index contributed by atoms with van der Waals surface area (Å²) in [5.41, 5.74) is 0. The third kappa shape index (κ3) is 5.30. The first kappa shape index (κ1) is 12.6. The van der Waals surface area contributed by atoms with Crippen molar-refractivity contribution in [2.45, 2.75) is 50.4 Å². The summed E-state index contributed by atoms with van der Waals surface area (Å²) < 4.78 is -0.352. The highest BCUT2D eigenvalue weighted by Crippen LogP contribution is 2.44. The maximum atomic E-state index is 9.00. The molecule has 2 N–H and O–H groups in total. The number of aliphatic hydroxyl groups is 2. The molecular formula is C8H18O2S2. The first-order chi connectivity index (χ1) is 5.15. The molecule has 0 atom stereocenters. The van der Waals surface area contributed by atoms with Crippen molar-refractivity contribution >= 4 is 21.6 Å². The summed E-state index contributed by atoms with van der Waals surface area (Å²) in [7, 11) is 3.18. The number of hydrogen-bond acceptors (Lipinski definition) is 4. The Bertz CT molecular complexity index is 138. The van der Waals surface area contributed by atoms with Gasteiger partial charge in [0, 0.05) is 4.75 Å². The van der Waals surface area contributed by atoms with Gasteiger partial charge in [-0.1, -0.05) is 42.4 Å². The fourth-order valence-corrected chi connectivity index (χ4v) is 2.48. The average Bonchev–Trinajstić information content (AvgIpc) is 1.82. The Balaban J connectivity index is 3.93. The third-order valence-electron chi connectivity index (χ3n) is 1.13. The maximum absolute atomic E-state index is 9.00. The van der Waals surface area contributed by atoms with E-state index in [0.717, 1.165) is 0 Å². The van der Waals surface area contributed by atoms with E-state index in [1.807, 2.05) is 13.8 Å². The summed E-state index contributed by atoms with van der Waals surface area (Å²) in [6.07, 6.45) is -1.27. The highest BCUT2D eigenvalue weighted by molar-refractivity contribution is 8.77. The molecule has 0 aliphatic heterocycles. The third-order valence-corrected chi connectivity index (χ3v) is 5.39. The summed E-state index contributed by atoms with van der Waals surface area (Å²) >= 11 is 0. The zero-order valence-corrected chi connectivity index (χ0v) is 9.92. The van der Waals surface area contributed by atoms with Gasteiger partial charge in [-0.15, -0.1) is 0 Å². The lowest BCUT2D eigenvalue weighted by Gasteiger charge is -2.28. The van der Waals surface area contributed by atoms with E-state index in [4.69, 9.17) is 10.2 Å². The molecule has 0 aliphatic rings. The van der Waals surface area contributed by atoms with Crippen LogP contribution in [-0.2, 0) is 0 Å². The molecule has 0 saturated heterocycles. The fraction of sp³-hybridized carbons (Fsp3) is 1.00. The molecule has 2 nitrogen and oxygen atoms in total. The quantitative estimate of drug-likeness (QED) is 0.554. The van der Waals surface area contributed by atoms with Crippen molar-refractivity contribution in [2.24, 2.45) is 0 Å². The maximum Gasteiger partial charge on any atom is 0.166 e. The normalized spacial score (nSPS) is 14.0. The Morgan fingerprint density at radius 2 is 1.33 bits per heavy atom. The second-order valence-electron chi connectivity index (χ2n) is 4.26. The first-order valence-electron chi connectivity index (χ1n) is 3.88. The molecule has 0 saturated carbocycles. The lowest BCUT2D eigenvalue weighted by atomic mass is 10.2. The van der Waals surface area contributed by atoms with Gasteiger partial charge in [-0.3, -0.25) is 0 Å². The van der Waals surface area contributed by atoms with Gasteiger partial charge in [0.05, 0.1) is 4.75 Å². The zero-order valence-electron chi connectivity index (χ0n) is 8.29. The Kier molecular flexibility index (Phi) is 4.44. The minimum Gasteiger partial charge on any atom is -0.367 e. The molecule has 0 bridgehead atoms. The van der Waals surface area contributed by atoms with Crippen molar-refractivity contribution in [3.05, 3.63) is 0 Å². The van der Waals surface area contributed by atoms with Crippen LogP contribution in [0.2, 0.25) is 0 Å². The first-order valence-corrected chi connectivity index (χ1v) is 6.03. The lowest BCUT2D eigenvalue weighted by molar-refractivity contribution is -0.0602. The number of rotatable bonds is 3. The van der Waals surface area contributed by atoms with Gasteiger partial charge in [-0.2, -0.15) is 0 Å². The molecule has 0 aromatic heterocycles. The van der Waals surface area contributed by atoms with Crippen molar-refractivity contribution in [3.63, 3.8) is 0 Å². The number of hydrogen-bond donors (Lipinski definition) is 2. The van der Waals surface area contributed by atoms with E-state index in [0.29, 0.717) is 0 Å². The van der Waals surface area contributed by atoms with Gasteiger partial charge in [0.2, 0.25) is 0 Å². The Morgan fingerprint density at radius 1 is 0.917 bits per heavy atom. The molecule has 0 radical (unpaired) electrons. The molecule has 0 fully saturated rings. The molecule has 0 amide bonds. The molecule has 74 valence electrons. The monoisotopic (exact) mass is 210 g/mol. The fourth-order valence-electron chi connectivity index (χ4n) is 0.275. The SMILES string of the molecule is CC(C)(C)SSC(C)(C)C(O)O. The van der Waals surface area contributed by atoms with Crippen molar-refractivity contribution in [1.29, 1.82) is 0 Å². The highest BCUT2D eigenvalue weighted by Gasteiger charge is 2.29. The van der Waals surface area contributed by atoms with Crippen molar-refractivity contribution in [2.75, 3.05) is 0 Å². The minimum atomic E-state index is -1.27. The van der Waals surface area contributed by atoms with Crippen LogP contribution in [0.1, 0.15) is 34.6 Å². The van der Waals surface area contributed by atoms with Crippen LogP contribution >= 0.6 is 21.6 Å². The average molecular weight is 210 g/mol. The predicted molar refractivity (Wildman–Crippen MR) is 57.2 cm³/mol. The van der Waals surface area contributed by atoms with Crippen LogP contribution in [0, 0.1) is 0 Å². The molecule has 0 unspecified atom stereocenters. The lowest BCUT2D eigenvalue weighted by Crippen LogP contribution is -2.32. The van der Waals surface area contributed by atoms with Crippen LogP contribution in [0.3, 0.4) is 0 Å². The highest BCUT2D eigenvalue weighted by atomic mass is 33.1. The smallest absolute Gasteiger partial charge is 0.166 e. The van der Waals surface area contributed by atoms with E-state index < -0.39 is 11.0 Å². The number of aliphatic hydroxyl groups excluding tert-OH is 1. The molecule has 0 spiro atoms. The Hall–Kier alpha value is 0.620. The van der Waals surface area contributed by atoms with Gasteiger partial charge < -0.3 is 10.2 Å². The predicted octanol–water partition coefficient (Wildman–Crippen LogP) is 2.26. The summed E-state index contributed by atoms with van der Waals surface area (Å²) in [4.78, 5) is 0. The van der Waals surface area contributed by atoms with E-state index >= 15 is 0 Å². The molecule has 0 aromatic rings. The van der Waals surface area contributed by atoms with Crippen LogP contribution in [0.25, 0.3) is 0 Å². The molecule has 4 heteroatoms. The van der Waals surface area contributed by atoms with E-state index in [1.165, 1.54) is 10.8 Å². The second-order valence-corrected chi connectivity index (χ2v) is 7.87. The van der Waals surface area contributed by atoms with Gasteiger partial charge in [-0.05, 0) is 13.8 Å². The molecule has 0 rings (SSSR count). The summed E-state index contributed by atoms with van der Waals surface area (Å²) in [6, 6.07) is 0. The summed E-state index contributed by atoms with van der Waals surface area (Å²) in [5, 5.41) is 18.0. The van der Waals surface area contributed by atoms with Gasteiger partial charge in [0.25, 0.3) is 0 Å². The second kappa shape index (κ2) is 4.22. The van der Waals surface area contributed by atoms with Crippen LogP contribution in [-0.4, -0.2) is 26.0 Å². The van der Waals surface area contributed by atoms with Crippen LogP contribution in [0.4, 0.5) is 0 Å². The van der Waals surface area contributed by atoms with Gasteiger partial charge in [0.1, 0.15) is 0 Å². The molecule has 0 heterocycles. The molecule has 12 heavy (non-hydrogen) atoms. The Labute approximate surface area is 82.5 Å². The van der Waals surface area contributed by atoms with Gasteiger partial charge >= 0.3 is 0 Å². The van der Waals surface area contributed by atoms with Crippen molar-refractivity contribution < 1.29 is 10.2 Å². The molecule has 0 aliphatic carbocycles.